The van der Waals surface area contributed by atoms with Crippen molar-refractivity contribution in [3.63, 3.8) is 0 Å². The van der Waals surface area contributed by atoms with Gasteiger partial charge in [-0.2, -0.15) is 0 Å². The molecule has 5 rings (SSSR count). The summed E-state index contributed by atoms with van der Waals surface area (Å²) in [5, 5.41) is 23.5. The molecule has 0 aliphatic carbocycles. The predicted octanol–water partition coefficient (Wildman–Crippen LogP) is 10.0. The van der Waals surface area contributed by atoms with Crippen LogP contribution in [0.5, 0.6) is 5.75 Å². The van der Waals surface area contributed by atoms with E-state index in [1.165, 1.54) is 66.5 Å². The van der Waals surface area contributed by atoms with Gasteiger partial charge < -0.3 is 14.7 Å². The van der Waals surface area contributed by atoms with Crippen molar-refractivity contribution in [1.82, 2.24) is 0 Å². The summed E-state index contributed by atoms with van der Waals surface area (Å²) in [5.41, 5.74) is 18.4. The summed E-state index contributed by atoms with van der Waals surface area (Å²) >= 11 is 0. The first-order chi connectivity index (χ1) is 24.7. The van der Waals surface area contributed by atoms with E-state index in [1.807, 2.05) is 32.9 Å². The summed E-state index contributed by atoms with van der Waals surface area (Å²) in [6, 6.07) is 26.1. The van der Waals surface area contributed by atoms with Gasteiger partial charge in [-0.1, -0.05) is 17.7 Å². The van der Waals surface area contributed by atoms with Crippen LogP contribution < -0.4 is 25.9 Å². The van der Waals surface area contributed by atoms with Crippen LogP contribution in [0.4, 0.5) is 0 Å². The van der Waals surface area contributed by atoms with Crippen molar-refractivity contribution >= 4 is 35.8 Å². The van der Waals surface area contributed by atoms with Crippen LogP contribution in [-0.4, -0.2) is 17.4 Å². The van der Waals surface area contributed by atoms with Crippen LogP contribution in [0.2, 0.25) is 0 Å². The first-order valence-electron chi connectivity index (χ1n) is 19.2. The molecule has 282 valence electrons. The molecular formula is C48H64BO3P. The summed E-state index contributed by atoms with van der Waals surface area (Å²) in [7, 11) is -4.54. The number of hydrogen-bond donors (Lipinski definition) is 2. The second-order valence-electron chi connectivity index (χ2n) is 16.4. The van der Waals surface area contributed by atoms with Gasteiger partial charge in [0.25, 0.3) is 0 Å². The maximum absolute atomic E-state index is 8.66. The van der Waals surface area contributed by atoms with Crippen LogP contribution in [0.15, 0.2) is 66.7 Å². The Morgan fingerprint density at radius 3 is 0.925 bits per heavy atom. The van der Waals surface area contributed by atoms with Crippen molar-refractivity contribution in [2.75, 3.05) is 0 Å². The van der Waals surface area contributed by atoms with Gasteiger partial charge in [-0.25, -0.2) is 0 Å². The van der Waals surface area contributed by atoms with Gasteiger partial charge in [0.2, 0.25) is 0 Å². The van der Waals surface area contributed by atoms with E-state index in [-0.39, 0.29) is 0 Å². The standard InChI is InChI=1S/C39H51P.C9H13BO3/c1-23(2)34-20-35(24(3)4)22-36(21-34)40(37-28(8)14-25(5)15-29(37)9,38-30(10)16-26(6)17-31(38)11)39-32(12)18-27(7)19-33(39)13;1-6-4-7(2)9(8(3)5-6)13-10(11)12/h14-24,40H,1-13H3;4-5,11-12H,1-3H3. The SMILES string of the molecule is Cc1cc(C)c(OB(O)O)c(C)c1.Cc1cc(C)c([PH](c2cc(C(C)C)cc(C(C)C)c2)(c2c(C)cc(C)cc2C)c2c(C)cc(C)cc2C)c(C)c1. The molecule has 0 saturated carbocycles. The summed E-state index contributed by atoms with van der Waals surface area (Å²) in [4.78, 5) is 0. The molecule has 0 fully saturated rings. The number of benzene rings is 5. The molecule has 0 unspecified atom stereocenters. The Morgan fingerprint density at radius 2 is 0.679 bits per heavy atom. The minimum absolute atomic E-state index is 0.463. The molecule has 0 aliphatic heterocycles. The topological polar surface area (TPSA) is 49.7 Å². The van der Waals surface area contributed by atoms with E-state index in [0.717, 1.165) is 16.7 Å². The van der Waals surface area contributed by atoms with Crippen LogP contribution in [0.3, 0.4) is 0 Å². The zero-order chi connectivity index (χ0) is 39.7. The van der Waals surface area contributed by atoms with E-state index in [2.05, 4.69) is 145 Å². The third-order valence-electron chi connectivity index (χ3n) is 10.7. The fraction of sp³-hybridized carbons (Fsp3) is 0.375. The Kier molecular flexibility index (Phi) is 13.3. The Hall–Kier alpha value is -3.69. The molecule has 0 spiro atoms. The molecule has 0 atom stereocenters. The normalized spacial score (nSPS) is 11.8. The molecule has 0 aliphatic rings. The predicted molar refractivity (Wildman–Crippen MR) is 235 cm³/mol. The monoisotopic (exact) mass is 730 g/mol. The van der Waals surface area contributed by atoms with Crippen molar-refractivity contribution in [3.8, 4) is 5.75 Å². The molecule has 3 nitrogen and oxygen atoms in total. The van der Waals surface area contributed by atoms with Gasteiger partial charge in [0.15, 0.2) is 0 Å². The van der Waals surface area contributed by atoms with Gasteiger partial charge in [-0.15, -0.1) is 0 Å². The zero-order valence-corrected chi connectivity index (χ0v) is 36.4. The molecule has 5 aromatic rings. The van der Waals surface area contributed by atoms with Gasteiger partial charge in [-0.3, -0.25) is 0 Å². The van der Waals surface area contributed by atoms with Gasteiger partial charge in [0, 0.05) is 0 Å². The summed E-state index contributed by atoms with van der Waals surface area (Å²) in [5.74, 6) is 1.47. The molecule has 0 bridgehead atoms. The maximum atomic E-state index is 8.66. The second-order valence-corrected chi connectivity index (χ2v) is 20.0. The summed E-state index contributed by atoms with van der Waals surface area (Å²) in [6.45, 7) is 36.0. The van der Waals surface area contributed by atoms with Gasteiger partial charge >= 0.3 is 253 Å². The molecule has 5 heteroatoms. The van der Waals surface area contributed by atoms with E-state index in [1.54, 1.807) is 15.9 Å². The quantitative estimate of drug-likeness (QED) is 0.124. The number of rotatable bonds is 8. The Balaban J connectivity index is 0.000000407. The molecule has 5 aromatic carbocycles. The molecular weight excluding hydrogens is 666 g/mol. The van der Waals surface area contributed by atoms with Gasteiger partial charge in [0.1, 0.15) is 5.75 Å². The molecule has 0 amide bonds. The van der Waals surface area contributed by atoms with Crippen molar-refractivity contribution < 1.29 is 14.7 Å². The van der Waals surface area contributed by atoms with Crippen LogP contribution in [0, 0.1) is 83.1 Å². The van der Waals surface area contributed by atoms with Gasteiger partial charge in [-0.05, 0) is 31.9 Å². The second kappa shape index (κ2) is 16.8. The molecule has 53 heavy (non-hydrogen) atoms. The molecule has 0 radical (unpaired) electrons. The molecule has 0 heterocycles. The number of hydrogen-bond acceptors (Lipinski definition) is 3. The fourth-order valence-corrected chi connectivity index (χ4v) is 15.5. The van der Waals surface area contributed by atoms with Crippen LogP contribution in [0.25, 0.3) is 0 Å². The summed E-state index contributed by atoms with van der Waals surface area (Å²) in [6.07, 6.45) is 0. The fourth-order valence-electron chi connectivity index (χ4n) is 9.14. The first kappa shape index (κ1) is 42.1. The summed E-state index contributed by atoms with van der Waals surface area (Å²) < 4.78 is 4.84. The van der Waals surface area contributed by atoms with Crippen LogP contribution in [-0.2, 0) is 0 Å². The zero-order valence-electron chi connectivity index (χ0n) is 35.4. The van der Waals surface area contributed by atoms with E-state index in [9.17, 15) is 0 Å². The minimum atomic E-state index is -2.79. The average molecular weight is 731 g/mol. The van der Waals surface area contributed by atoms with Gasteiger partial charge in [0.05, 0.1) is 0 Å². The van der Waals surface area contributed by atoms with E-state index < -0.39 is 14.6 Å². The van der Waals surface area contributed by atoms with E-state index in [4.69, 9.17) is 14.7 Å². The van der Waals surface area contributed by atoms with E-state index >= 15 is 0 Å². The van der Waals surface area contributed by atoms with Crippen molar-refractivity contribution in [1.29, 1.82) is 0 Å². The van der Waals surface area contributed by atoms with Crippen molar-refractivity contribution in [2.24, 2.45) is 0 Å². The first-order valence-corrected chi connectivity index (χ1v) is 21.2. The van der Waals surface area contributed by atoms with Crippen molar-refractivity contribution in [3.05, 3.63) is 145 Å². The molecule has 0 saturated heterocycles. The average Bonchev–Trinajstić information content (AvgIpc) is 3.01. The van der Waals surface area contributed by atoms with E-state index in [0.29, 0.717) is 17.6 Å². The molecule has 2 N–H and O–H groups in total. The Labute approximate surface area is 322 Å². The third-order valence-corrected chi connectivity index (χ3v) is 16.5. The third kappa shape index (κ3) is 8.83. The number of aryl methyl sites for hydroxylation is 12. The van der Waals surface area contributed by atoms with Crippen LogP contribution in [0.1, 0.15) is 117 Å². The molecule has 0 aromatic heterocycles. The Bertz CT molecular complexity index is 1870. The Morgan fingerprint density at radius 1 is 0.415 bits per heavy atom. The van der Waals surface area contributed by atoms with Crippen LogP contribution >= 0.6 is 7.26 Å². The van der Waals surface area contributed by atoms with Crippen molar-refractivity contribution in [2.45, 2.75) is 123 Å².